The molecule has 1 atom stereocenters. The normalized spacial score (nSPS) is 11.6. The number of carbonyl (C=O) groups excluding carboxylic acids is 3. The van der Waals surface area contributed by atoms with Crippen LogP contribution in [0.1, 0.15) is 180 Å². The van der Waals surface area contributed by atoms with Gasteiger partial charge in [0, 0.05) is 32.2 Å². The second kappa shape index (κ2) is 31.3. The number of hydrogen-bond acceptors (Lipinski definition) is 5. The molecule has 0 radical (unpaired) electrons. The number of hydrogen-bond donors (Lipinski definition) is 5. The maximum absolute atomic E-state index is 12.3. The van der Waals surface area contributed by atoms with Crippen LogP contribution < -0.4 is 16.4 Å². The fourth-order valence-electron chi connectivity index (χ4n) is 5.45. The number of carboxylic acids is 2. The van der Waals surface area contributed by atoms with Crippen molar-refractivity contribution in [1.82, 2.24) is 10.6 Å². The number of aliphatic carboxylic acids is 2. The van der Waals surface area contributed by atoms with Gasteiger partial charge in [-0.3, -0.25) is 24.0 Å². The summed E-state index contributed by atoms with van der Waals surface area (Å²) < 4.78 is 0. The first-order valence-electron chi connectivity index (χ1n) is 18.0. The summed E-state index contributed by atoms with van der Waals surface area (Å²) in [5.74, 6) is -2.41. The summed E-state index contributed by atoms with van der Waals surface area (Å²) in [5, 5.41) is 22.7. The van der Waals surface area contributed by atoms with Gasteiger partial charge in [0.15, 0.2) is 0 Å². The molecular formula is C35H65N3O7. The molecule has 10 heteroatoms. The van der Waals surface area contributed by atoms with Crippen LogP contribution in [-0.2, 0) is 24.0 Å². The molecule has 0 aromatic rings. The van der Waals surface area contributed by atoms with Gasteiger partial charge in [0.25, 0.3) is 0 Å². The minimum Gasteiger partial charge on any atom is -0.481 e. The molecule has 0 saturated carbocycles. The number of nitrogens with one attached hydrogen (secondary N) is 2. The van der Waals surface area contributed by atoms with E-state index in [-0.39, 0.29) is 31.2 Å². The topological polar surface area (TPSA) is 176 Å². The standard InChI is InChI=1S/C35H65N3O7/c36-35(45)30(38-32(40)26-22-18-14-10-6-2-4-8-12-16-20-24-28-34(43)44)29-37-31(39)25-21-17-13-9-5-1-3-7-11-15-19-23-27-33(41)42/h30H,1-29H2,(H2,36,45)(H,37,39)(H,38,40)(H,41,42)(H,43,44). The lowest BCUT2D eigenvalue weighted by Crippen LogP contribution is -2.51. The van der Waals surface area contributed by atoms with Gasteiger partial charge in [0.2, 0.25) is 17.7 Å². The minimum atomic E-state index is -0.900. The fourth-order valence-corrected chi connectivity index (χ4v) is 5.45. The Bertz CT molecular complexity index is 791. The third kappa shape index (κ3) is 32.6. The molecular weight excluding hydrogens is 574 g/mol. The van der Waals surface area contributed by atoms with Crippen molar-refractivity contribution in [2.75, 3.05) is 6.54 Å². The highest BCUT2D eigenvalue weighted by Gasteiger charge is 2.18. The van der Waals surface area contributed by atoms with Gasteiger partial charge in [-0.1, -0.05) is 128 Å². The van der Waals surface area contributed by atoms with Crippen molar-refractivity contribution in [3.8, 4) is 0 Å². The molecule has 0 aliphatic rings. The summed E-state index contributed by atoms with van der Waals surface area (Å²) in [4.78, 5) is 57.2. The molecule has 0 rings (SSSR count). The average Bonchev–Trinajstić information content (AvgIpc) is 2.99. The van der Waals surface area contributed by atoms with Crippen LogP contribution in [0, 0.1) is 0 Å². The van der Waals surface area contributed by atoms with Crippen LogP contribution in [0.4, 0.5) is 0 Å². The largest absolute Gasteiger partial charge is 0.481 e. The van der Waals surface area contributed by atoms with Gasteiger partial charge in [-0.05, 0) is 25.7 Å². The van der Waals surface area contributed by atoms with E-state index in [0.717, 1.165) is 89.9 Å². The second-order valence-corrected chi connectivity index (χ2v) is 12.6. The molecule has 0 aliphatic heterocycles. The molecule has 0 heterocycles. The van der Waals surface area contributed by atoms with Crippen molar-refractivity contribution < 1.29 is 34.2 Å². The zero-order chi connectivity index (χ0) is 33.4. The molecule has 262 valence electrons. The molecule has 3 amide bonds. The molecule has 6 N–H and O–H groups in total. The predicted octanol–water partition coefficient (Wildman–Crippen LogP) is 7.16. The van der Waals surface area contributed by atoms with E-state index in [2.05, 4.69) is 10.6 Å². The van der Waals surface area contributed by atoms with Crippen LogP contribution in [0.2, 0.25) is 0 Å². The van der Waals surface area contributed by atoms with Crippen LogP contribution >= 0.6 is 0 Å². The fraction of sp³-hybridized carbons (Fsp3) is 0.857. The third-order valence-corrected chi connectivity index (χ3v) is 8.27. The van der Waals surface area contributed by atoms with Crippen molar-refractivity contribution in [2.45, 2.75) is 186 Å². The smallest absolute Gasteiger partial charge is 0.303 e. The number of amides is 3. The predicted molar refractivity (Wildman–Crippen MR) is 179 cm³/mol. The van der Waals surface area contributed by atoms with Crippen LogP contribution in [0.5, 0.6) is 0 Å². The van der Waals surface area contributed by atoms with E-state index in [1.54, 1.807) is 0 Å². The lowest BCUT2D eigenvalue weighted by molar-refractivity contribution is -0.138. The SMILES string of the molecule is NC(=O)C(CNC(=O)CCCCCCCCCCCCCCC(=O)O)NC(=O)CCCCCCCCCCCCCCC(=O)O. The Labute approximate surface area is 272 Å². The van der Waals surface area contributed by atoms with Crippen LogP contribution in [0.25, 0.3) is 0 Å². The molecule has 0 aliphatic carbocycles. The summed E-state index contributed by atoms with van der Waals surface area (Å²) in [5.41, 5.74) is 5.45. The zero-order valence-electron chi connectivity index (χ0n) is 28.1. The Kier molecular flexibility index (Phi) is 29.5. The maximum atomic E-state index is 12.3. The third-order valence-electron chi connectivity index (χ3n) is 8.27. The first-order valence-corrected chi connectivity index (χ1v) is 18.0. The Balaban J connectivity index is 3.64. The summed E-state index contributed by atoms with van der Waals surface area (Å²) in [7, 11) is 0. The lowest BCUT2D eigenvalue weighted by atomic mass is 10.0. The summed E-state index contributed by atoms with van der Waals surface area (Å²) in [6.45, 7) is 0.0157. The highest BCUT2D eigenvalue weighted by atomic mass is 16.4. The average molecular weight is 640 g/mol. The van der Waals surface area contributed by atoms with E-state index in [4.69, 9.17) is 15.9 Å². The van der Waals surface area contributed by atoms with Crippen molar-refractivity contribution in [3.05, 3.63) is 0 Å². The summed E-state index contributed by atoms with van der Waals surface area (Å²) in [6, 6.07) is -0.900. The number of carboxylic acid groups (broad SMARTS) is 2. The molecule has 10 nitrogen and oxygen atoms in total. The van der Waals surface area contributed by atoms with E-state index in [0.29, 0.717) is 12.8 Å². The van der Waals surface area contributed by atoms with Crippen LogP contribution in [0.15, 0.2) is 0 Å². The first kappa shape index (κ1) is 42.3. The van der Waals surface area contributed by atoms with Gasteiger partial charge in [0.05, 0.1) is 0 Å². The number of carbonyl (C=O) groups is 5. The van der Waals surface area contributed by atoms with E-state index in [1.807, 2.05) is 0 Å². The Morgan fingerprint density at radius 3 is 0.978 bits per heavy atom. The maximum Gasteiger partial charge on any atom is 0.303 e. The van der Waals surface area contributed by atoms with Crippen molar-refractivity contribution in [1.29, 1.82) is 0 Å². The van der Waals surface area contributed by atoms with E-state index in [1.165, 1.54) is 64.2 Å². The van der Waals surface area contributed by atoms with E-state index < -0.39 is 23.9 Å². The number of nitrogens with two attached hydrogens (primary N) is 1. The van der Waals surface area contributed by atoms with Gasteiger partial charge in [-0.2, -0.15) is 0 Å². The van der Waals surface area contributed by atoms with Gasteiger partial charge < -0.3 is 26.6 Å². The highest BCUT2D eigenvalue weighted by Crippen LogP contribution is 2.14. The van der Waals surface area contributed by atoms with Gasteiger partial charge in [0.1, 0.15) is 6.04 Å². The Morgan fingerprint density at radius 2 is 0.689 bits per heavy atom. The van der Waals surface area contributed by atoms with Gasteiger partial charge >= 0.3 is 11.9 Å². The van der Waals surface area contributed by atoms with Crippen molar-refractivity contribution in [3.63, 3.8) is 0 Å². The molecule has 0 bridgehead atoms. The first-order chi connectivity index (χ1) is 21.7. The zero-order valence-corrected chi connectivity index (χ0v) is 28.1. The van der Waals surface area contributed by atoms with Crippen molar-refractivity contribution in [2.24, 2.45) is 5.73 Å². The van der Waals surface area contributed by atoms with Crippen molar-refractivity contribution >= 4 is 29.7 Å². The summed E-state index contributed by atoms with van der Waals surface area (Å²) >= 11 is 0. The number of unbranched alkanes of at least 4 members (excludes halogenated alkanes) is 22. The van der Waals surface area contributed by atoms with Gasteiger partial charge in [-0.15, -0.1) is 0 Å². The number of rotatable bonds is 34. The molecule has 0 aromatic heterocycles. The van der Waals surface area contributed by atoms with Crippen LogP contribution in [-0.4, -0.2) is 52.5 Å². The highest BCUT2D eigenvalue weighted by molar-refractivity contribution is 5.87. The summed E-state index contributed by atoms with van der Waals surface area (Å²) in [6.07, 6.45) is 27.1. The molecule has 45 heavy (non-hydrogen) atoms. The Morgan fingerprint density at radius 1 is 0.422 bits per heavy atom. The quantitative estimate of drug-likeness (QED) is 0.0464. The molecule has 0 saturated heterocycles. The lowest BCUT2D eigenvalue weighted by Gasteiger charge is -2.16. The van der Waals surface area contributed by atoms with E-state index >= 15 is 0 Å². The Hall–Kier alpha value is -2.65. The molecule has 0 aromatic carbocycles. The molecule has 1 unspecified atom stereocenters. The molecule has 0 spiro atoms. The molecule has 0 fully saturated rings. The second-order valence-electron chi connectivity index (χ2n) is 12.6. The van der Waals surface area contributed by atoms with Gasteiger partial charge in [-0.25, -0.2) is 0 Å². The monoisotopic (exact) mass is 639 g/mol. The number of primary amides is 1. The van der Waals surface area contributed by atoms with Crippen LogP contribution in [0.3, 0.4) is 0 Å². The minimum absolute atomic E-state index is 0.0157. The van der Waals surface area contributed by atoms with E-state index in [9.17, 15) is 24.0 Å².